The summed E-state index contributed by atoms with van der Waals surface area (Å²) in [5.41, 5.74) is -0.511. The highest BCUT2D eigenvalue weighted by Gasteiger charge is 2.20. The van der Waals surface area contributed by atoms with Gasteiger partial charge in [-0.25, -0.2) is 0 Å². The number of ether oxygens (including phenoxy) is 2. The lowest BCUT2D eigenvalue weighted by molar-refractivity contribution is -0.757. The Morgan fingerprint density at radius 1 is 1.19 bits per heavy atom. The molecule has 32 heavy (non-hydrogen) atoms. The van der Waals surface area contributed by atoms with E-state index < -0.39 is 16.7 Å². The molecule has 180 valence electrons. The second-order valence-electron chi connectivity index (χ2n) is 7.58. The molecular formula is C20H32N4O8. The van der Waals surface area contributed by atoms with Crippen LogP contribution in [0.25, 0.3) is 0 Å². The van der Waals surface area contributed by atoms with Crippen LogP contribution in [0.1, 0.15) is 26.7 Å². The lowest BCUT2D eigenvalue weighted by Crippen LogP contribution is -2.51. The van der Waals surface area contributed by atoms with Crippen LogP contribution in [-0.2, 0) is 14.4 Å². The first-order valence-electron chi connectivity index (χ1n) is 10.2. The SMILES string of the molecule is CNC(=O)COc1ccccc1OCC(O)CNC(C)(C)CNC(=O)CCCO[N+](=O)[O-]. The first-order chi connectivity index (χ1) is 15.1. The van der Waals surface area contributed by atoms with Crippen molar-refractivity contribution in [1.82, 2.24) is 16.0 Å². The van der Waals surface area contributed by atoms with E-state index >= 15 is 0 Å². The van der Waals surface area contributed by atoms with Crippen LogP contribution in [0.3, 0.4) is 0 Å². The molecule has 0 aliphatic carbocycles. The van der Waals surface area contributed by atoms with Gasteiger partial charge in [0, 0.05) is 32.1 Å². The summed E-state index contributed by atoms with van der Waals surface area (Å²) in [5, 5.41) is 27.8. The van der Waals surface area contributed by atoms with Crippen LogP contribution in [0, 0.1) is 10.1 Å². The zero-order valence-electron chi connectivity index (χ0n) is 18.6. The number of benzene rings is 1. The maximum absolute atomic E-state index is 11.8. The fraction of sp³-hybridized carbons (Fsp3) is 0.600. The van der Waals surface area contributed by atoms with Crippen molar-refractivity contribution in [1.29, 1.82) is 0 Å². The van der Waals surface area contributed by atoms with Crippen LogP contribution in [0.2, 0.25) is 0 Å². The third-order valence-electron chi connectivity index (χ3n) is 4.21. The van der Waals surface area contributed by atoms with E-state index in [2.05, 4.69) is 20.8 Å². The minimum atomic E-state index is -0.892. The number of β-amino-alcohol motifs (C(OH)–C–C–N with tert-alkyl or cyclic N) is 1. The molecule has 0 heterocycles. The average Bonchev–Trinajstić information content (AvgIpc) is 2.76. The average molecular weight is 456 g/mol. The summed E-state index contributed by atoms with van der Waals surface area (Å²) < 4.78 is 11.0. The lowest BCUT2D eigenvalue weighted by Gasteiger charge is -2.28. The van der Waals surface area contributed by atoms with Crippen molar-refractivity contribution in [3.8, 4) is 11.5 Å². The van der Waals surface area contributed by atoms with E-state index in [1.165, 1.54) is 7.05 Å². The molecule has 0 aliphatic heterocycles. The Hall–Kier alpha value is -3.12. The maximum atomic E-state index is 11.8. The standard InChI is InChI=1S/C20H32N4O8/c1-20(2,14-22-18(26)9-6-10-32-24(28)29)23-11-15(25)12-30-16-7-4-5-8-17(16)31-13-19(27)21-3/h4-5,7-8,15,23,25H,6,9-14H2,1-3H3,(H,21,27)(H,22,26). The van der Waals surface area contributed by atoms with Crippen LogP contribution in [0.5, 0.6) is 11.5 Å². The van der Waals surface area contributed by atoms with Gasteiger partial charge in [0.2, 0.25) is 5.91 Å². The van der Waals surface area contributed by atoms with Gasteiger partial charge in [-0.2, -0.15) is 0 Å². The summed E-state index contributed by atoms with van der Waals surface area (Å²) in [6.45, 7) is 3.94. The van der Waals surface area contributed by atoms with E-state index in [4.69, 9.17) is 9.47 Å². The normalized spacial score (nSPS) is 11.9. The molecule has 0 spiro atoms. The van der Waals surface area contributed by atoms with E-state index in [-0.39, 0.29) is 51.0 Å². The van der Waals surface area contributed by atoms with Crippen LogP contribution in [0.4, 0.5) is 0 Å². The Labute approximate surface area is 186 Å². The van der Waals surface area contributed by atoms with E-state index in [1.54, 1.807) is 24.3 Å². The predicted molar refractivity (Wildman–Crippen MR) is 115 cm³/mol. The largest absolute Gasteiger partial charge is 0.487 e. The minimum Gasteiger partial charge on any atom is -0.487 e. The molecule has 0 fully saturated rings. The van der Waals surface area contributed by atoms with E-state index in [0.29, 0.717) is 18.0 Å². The summed E-state index contributed by atoms with van der Waals surface area (Å²) >= 11 is 0. The fourth-order valence-electron chi connectivity index (χ4n) is 2.39. The van der Waals surface area contributed by atoms with E-state index in [9.17, 15) is 24.8 Å². The highest BCUT2D eigenvalue weighted by Crippen LogP contribution is 2.26. The quantitative estimate of drug-likeness (QED) is 0.153. The van der Waals surface area contributed by atoms with Crippen molar-refractivity contribution in [2.45, 2.75) is 38.3 Å². The molecule has 2 amide bonds. The van der Waals surface area contributed by atoms with Gasteiger partial charge >= 0.3 is 0 Å². The van der Waals surface area contributed by atoms with Crippen molar-refractivity contribution in [3.05, 3.63) is 34.4 Å². The number of hydrogen-bond donors (Lipinski definition) is 4. The first kappa shape index (κ1) is 26.9. The maximum Gasteiger partial charge on any atom is 0.294 e. The molecule has 4 N–H and O–H groups in total. The van der Waals surface area contributed by atoms with E-state index in [0.717, 1.165) is 0 Å². The number of para-hydroxylation sites is 2. The smallest absolute Gasteiger partial charge is 0.294 e. The van der Waals surface area contributed by atoms with Crippen LogP contribution < -0.4 is 25.4 Å². The topological polar surface area (TPSA) is 161 Å². The van der Waals surface area contributed by atoms with Gasteiger partial charge in [-0.05, 0) is 32.4 Å². The number of carbonyl (C=O) groups is 2. The molecule has 0 aromatic heterocycles. The van der Waals surface area contributed by atoms with Crippen LogP contribution in [0.15, 0.2) is 24.3 Å². The number of likely N-dealkylation sites (N-methyl/N-ethyl adjacent to an activating group) is 1. The van der Waals surface area contributed by atoms with Crippen LogP contribution in [-0.4, -0.2) is 73.6 Å². The molecule has 12 heteroatoms. The van der Waals surface area contributed by atoms with Crippen molar-refractivity contribution in [2.75, 3.05) is 40.0 Å². The molecule has 1 aromatic rings. The highest BCUT2D eigenvalue weighted by atomic mass is 16.9. The van der Waals surface area contributed by atoms with Gasteiger partial charge in [-0.15, -0.1) is 10.1 Å². The lowest BCUT2D eigenvalue weighted by atomic mass is 10.1. The molecule has 1 aromatic carbocycles. The van der Waals surface area contributed by atoms with Crippen molar-refractivity contribution >= 4 is 11.8 Å². The Morgan fingerprint density at radius 2 is 1.84 bits per heavy atom. The Balaban J connectivity index is 2.34. The highest BCUT2D eigenvalue weighted by molar-refractivity contribution is 5.77. The van der Waals surface area contributed by atoms with Crippen molar-refractivity contribution in [2.24, 2.45) is 0 Å². The number of amides is 2. The number of carbonyl (C=O) groups excluding carboxylic acids is 2. The third-order valence-corrected chi connectivity index (χ3v) is 4.21. The Bertz CT molecular complexity index is 744. The molecule has 0 aliphatic rings. The van der Waals surface area contributed by atoms with Gasteiger partial charge in [0.25, 0.3) is 11.0 Å². The first-order valence-corrected chi connectivity index (χ1v) is 10.2. The molecule has 0 radical (unpaired) electrons. The van der Waals surface area contributed by atoms with Crippen molar-refractivity contribution < 1.29 is 34.1 Å². The van der Waals surface area contributed by atoms with E-state index in [1.807, 2.05) is 13.8 Å². The number of hydrogen-bond acceptors (Lipinski definition) is 9. The van der Waals surface area contributed by atoms with Gasteiger partial charge in [0.05, 0.1) is 6.61 Å². The molecule has 0 bridgehead atoms. The van der Waals surface area contributed by atoms with Gasteiger partial charge in [0.15, 0.2) is 18.1 Å². The zero-order valence-corrected chi connectivity index (χ0v) is 18.6. The van der Waals surface area contributed by atoms with Crippen LogP contribution >= 0.6 is 0 Å². The zero-order chi connectivity index (χ0) is 24.0. The van der Waals surface area contributed by atoms with Crippen molar-refractivity contribution in [3.63, 3.8) is 0 Å². The Kier molecular flexibility index (Phi) is 11.8. The molecule has 0 saturated heterocycles. The summed E-state index contributed by atoms with van der Waals surface area (Å²) in [4.78, 5) is 37.4. The van der Waals surface area contributed by atoms with Gasteiger partial charge in [-0.1, -0.05) is 12.1 Å². The second kappa shape index (κ2) is 14.0. The monoisotopic (exact) mass is 456 g/mol. The molecule has 12 nitrogen and oxygen atoms in total. The van der Waals surface area contributed by atoms with Gasteiger partial charge < -0.3 is 35.4 Å². The second-order valence-corrected chi connectivity index (χ2v) is 7.58. The Morgan fingerprint density at radius 3 is 2.47 bits per heavy atom. The summed E-state index contributed by atoms with van der Waals surface area (Å²) in [6.07, 6.45) is -0.483. The number of aliphatic hydroxyl groups excluding tert-OH is 1. The molecular weight excluding hydrogens is 424 g/mol. The number of nitrogens with one attached hydrogen (secondary N) is 3. The summed E-state index contributed by atoms with van der Waals surface area (Å²) in [7, 11) is 1.51. The molecule has 1 atom stereocenters. The van der Waals surface area contributed by atoms with Gasteiger partial charge in [0.1, 0.15) is 12.7 Å². The number of rotatable bonds is 16. The molecule has 1 unspecified atom stereocenters. The number of nitrogens with zero attached hydrogens (tertiary/aromatic N) is 1. The third kappa shape index (κ3) is 11.9. The number of aliphatic hydroxyl groups is 1. The summed E-state index contributed by atoms with van der Waals surface area (Å²) in [5.74, 6) is 0.276. The minimum absolute atomic E-state index is 0.00771. The molecule has 1 rings (SSSR count). The molecule has 0 saturated carbocycles. The van der Waals surface area contributed by atoms with Gasteiger partial charge in [-0.3, -0.25) is 9.59 Å². The predicted octanol–water partition coefficient (Wildman–Crippen LogP) is 0.0240. The fourth-order valence-corrected chi connectivity index (χ4v) is 2.39. The summed E-state index contributed by atoms with van der Waals surface area (Å²) in [6, 6.07) is 6.84.